The lowest BCUT2D eigenvalue weighted by Crippen LogP contribution is -2.33. The van der Waals surface area contributed by atoms with Crippen molar-refractivity contribution in [3.8, 4) is 5.75 Å². The number of ether oxygens (including phenoxy) is 1. The average Bonchev–Trinajstić information content (AvgIpc) is 2.74. The van der Waals surface area contributed by atoms with Gasteiger partial charge in [-0.15, -0.1) is 0 Å². The van der Waals surface area contributed by atoms with Gasteiger partial charge < -0.3 is 9.84 Å². The fourth-order valence-corrected chi connectivity index (χ4v) is 3.27. The fraction of sp³-hybridized carbons (Fsp3) is 0.280. The predicted molar refractivity (Wildman–Crippen MR) is 114 cm³/mol. The van der Waals surface area contributed by atoms with Gasteiger partial charge in [0.15, 0.2) is 0 Å². The predicted octanol–water partition coefficient (Wildman–Crippen LogP) is 4.86. The molecule has 1 N–H and O–H groups in total. The number of aliphatic hydroxyl groups is 1. The molecule has 0 saturated carbocycles. The molecule has 28 heavy (non-hydrogen) atoms. The molecule has 0 aliphatic carbocycles. The van der Waals surface area contributed by atoms with E-state index in [9.17, 15) is 5.11 Å². The van der Waals surface area contributed by atoms with Crippen LogP contribution in [0.25, 0.3) is 0 Å². The van der Waals surface area contributed by atoms with Crippen molar-refractivity contribution in [2.45, 2.75) is 32.0 Å². The molecule has 0 aliphatic heterocycles. The van der Waals surface area contributed by atoms with Crippen LogP contribution in [0.3, 0.4) is 0 Å². The minimum atomic E-state index is -0.517. The number of benzene rings is 3. The van der Waals surface area contributed by atoms with Gasteiger partial charge in [-0.1, -0.05) is 72.8 Å². The van der Waals surface area contributed by atoms with E-state index in [1.165, 1.54) is 11.1 Å². The SMILES string of the molecule is CC(C(O)c1ccccc1)N(C)Cc1cccc(OCCc2ccccc2)c1. The third-order valence-electron chi connectivity index (χ3n) is 5.13. The summed E-state index contributed by atoms with van der Waals surface area (Å²) in [5.74, 6) is 0.887. The highest BCUT2D eigenvalue weighted by Crippen LogP contribution is 2.22. The second kappa shape index (κ2) is 10.1. The minimum absolute atomic E-state index is 0.00468. The maximum atomic E-state index is 10.7. The normalized spacial score (nSPS) is 13.3. The number of nitrogens with zero attached hydrogens (tertiary/aromatic N) is 1. The van der Waals surface area contributed by atoms with Crippen LogP contribution in [0.5, 0.6) is 5.75 Å². The Hall–Kier alpha value is -2.62. The first-order valence-electron chi connectivity index (χ1n) is 9.82. The van der Waals surface area contributed by atoms with Gasteiger partial charge in [0.2, 0.25) is 0 Å². The molecular formula is C25H29NO2. The zero-order chi connectivity index (χ0) is 19.8. The van der Waals surface area contributed by atoms with Gasteiger partial charge in [0, 0.05) is 19.0 Å². The van der Waals surface area contributed by atoms with E-state index in [0.29, 0.717) is 6.61 Å². The molecule has 0 spiro atoms. The second-order valence-corrected chi connectivity index (χ2v) is 7.24. The maximum Gasteiger partial charge on any atom is 0.119 e. The van der Waals surface area contributed by atoms with Crippen molar-refractivity contribution < 1.29 is 9.84 Å². The van der Waals surface area contributed by atoms with Gasteiger partial charge in [-0.25, -0.2) is 0 Å². The van der Waals surface area contributed by atoms with Crippen LogP contribution < -0.4 is 4.74 Å². The van der Waals surface area contributed by atoms with Crippen molar-refractivity contribution in [2.75, 3.05) is 13.7 Å². The molecule has 0 radical (unpaired) electrons. The monoisotopic (exact) mass is 375 g/mol. The van der Waals surface area contributed by atoms with Crippen molar-refractivity contribution in [1.82, 2.24) is 4.90 Å². The van der Waals surface area contributed by atoms with E-state index in [1.54, 1.807) is 0 Å². The Morgan fingerprint density at radius 3 is 2.21 bits per heavy atom. The van der Waals surface area contributed by atoms with Crippen LogP contribution in [-0.2, 0) is 13.0 Å². The summed E-state index contributed by atoms with van der Waals surface area (Å²) in [6.45, 7) is 3.46. The van der Waals surface area contributed by atoms with Gasteiger partial charge in [-0.05, 0) is 42.8 Å². The molecule has 3 rings (SSSR count). The third-order valence-corrected chi connectivity index (χ3v) is 5.13. The summed E-state index contributed by atoms with van der Waals surface area (Å²) in [4.78, 5) is 2.17. The van der Waals surface area contributed by atoms with E-state index in [1.807, 2.05) is 55.6 Å². The van der Waals surface area contributed by atoms with Crippen LogP contribution in [0.4, 0.5) is 0 Å². The van der Waals surface area contributed by atoms with Crippen molar-refractivity contribution in [3.63, 3.8) is 0 Å². The molecule has 0 fully saturated rings. The average molecular weight is 376 g/mol. The molecule has 2 atom stereocenters. The Balaban J connectivity index is 1.54. The van der Waals surface area contributed by atoms with E-state index < -0.39 is 6.10 Å². The Bertz CT molecular complexity index is 835. The minimum Gasteiger partial charge on any atom is -0.493 e. The first kappa shape index (κ1) is 20.1. The molecule has 0 aliphatic rings. The zero-order valence-corrected chi connectivity index (χ0v) is 16.7. The highest BCUT2D eigenvalue weighted by Gasteiger charge is 2.20. The lowest BCUT2D eigenvalue weighted by molar-refractivity contribution is 0.0688. The summed E-state index contributed by atoms with van der Waals surface area (Å²) in [6.07, 6.45) is 0.377. The lowest BCUT2D eigenvalue weighted by Gasteiger charge is -2.29. The number of likely N-dealkylation sites (N-methyl/N-ethyl adjacent to an activating group) is 1. The Kier molecular flexibility index (Phi) is 7.24. The van der Waals surface area contributed by atoms with Crippen LogP contribution in [0.15, 0.2) is 84.9 Å². The van der Waals surface area contributed by atoms with Gasteiger partial charge in [-0.3, -0.25) is 4.90 Å². The van der Waals surface area contributed by atoms with Gasteiger partial charge in [0.25, 0.3) is 0 Å². The summed E-state index contributed by atoms with van der Waals surface area (Å²) in [6, 6.07) is 28.4. The molecule has 0 saturated heterocycles. The number of rotatable bonds is 9. The molecule has 0 heterocycles. The Labute approximate surface area is 168 Å². The van der Waals surface area contributed by atoms with E-state index in [4.69, 9.17) is 4.74 Å². The standard InChI is InChI=1S/C25H29NO2/c1-20(25(27)23-13-7-4-8-14-23)26(2)19-22-12-9-15-24(18-22)28-17-16-21-10-5-3-6-11-21/h3-15,18,20,25,27H,16-17,19H2,1-2H3. The van der Waals surface area contributed by atoms with Gasteiger partial charge in [-0.2, -0.15) is 0 Å². The maximum absolute atomic E-state index is 10.7. The second-order valence-electron chi connectivity index (χ2n) is 7.24. The van der Waals surface area contributed by atoms with Crippen LogP contribution >= 0.6 is 0 Å². The molecule has 0 bridgehead atoms. The Morgan fingerprint density at radius 1 is 0.857 bits per heavy atom. The fourth-order valence-electron chi connectivity index (χ4n) is 3.27. The van der Waals surface area contributed by atoms with E-state index in [-0.39, 0.29) is 6.04 Å². The van der Waals surface area contributed by atoms with E-state index in [2.05, 4.69) is 48.2 Å². The highest BCUT2D eigenvalue weighted by molar-refractivity contribution is 5.29. The van der Waals surface area contributed by atoms with Gasteiger partial charge in [0.1, 0.15) is 5.75 Å². The molecule has 2 unspecified atom stereocenters. The smallest absolute Gasteiger partial charge is 0.119 e. The molecule has 0 aromatic heterocycles. The lowest BCUT2D eigenvalue weighted by atomic mass is 10.0. The first-order chi connectivity index (χ1) is 13.6. The highest BCUT2D eigenvalue weighted by atomic mass is 16.5. The molecular weight excluding hydrogens is 346 g/mol. The summed E-state index contributed by atoms with van der Waals surface area (Å²) in [5.41, 5.74) is 3.40. The van der Waals surface area contributed by atoms with Crippen molar-refractivity contribution >= 4 is 0 Å². The van der Waals surface area contributed by atoms with Gasteiger partial charge >= 0.3 is 0 Å². The van der Waals surface area contributed by atoms with Crippen LogP contribution in [0, 0.1) is 0 Å². The van der Waals surface area contributed by atoms with Crippen molar-refractivity contribution in [1.29, 1.82) is 0 Å². The van der Waals surface area contributed by atoms with Crippen LogP contribution in [0.1, 0.15) is 29.7 Å². The van der Waals surface area contributed by atoms with Crippen LogP contribution in [-0.4, -0.2) is 29.7 Å². The third kappa shape index (κ3) is 5.69. The largest absolute Gasteiger partial charge is 0.493 e. The summed E-state index contributed by atoms with van der Waals surface area (Å²) in [5, 5.41) is 10.7. The van der Waals surface area contributed by atoms with Crippen molar-refractivity contribution in [2.24, 2.45) is 0 Å². The summed E-state index contributed by atoms with van der Waals surface area (Å²) < 4.78 is 5.94. The van der Waals surface area contributed by atoms with Crippen molar-refractivity contribution in [3.05, 3.63) is 102 Å². The quantitative estimate of drug-likeness (QED) is 0.580. The molecule has 3 heteroatoms. The molecule has 146 valence electrons. The topological polar surface area (TPSA) is 32.7 Å². The number of aliphatic hydroxyl groups excluding tert-OH is 1. The molecule has 3 nitrogen and oxygen atoms in total. The summed E-state index contributed by atoms with van der Waals surface area (Å²) >= 11 is 0. The van der Waals surface area contributed by atoms with Crippen LogP contribution in [0.2, 0.25) is 0 Å². The van der Waals surface area contributed by atoms with Gasteiger partial charge in [0.05, 0.1) is 12.7 Å². The number of hydrogen-bond acceptors (Lipinski definition) is 3. The molecule has 0 amide bonds. The molecule has 3 aromatic carbocycles. The zero-order valence-electron chi connectivity index (χ0n) is 16.7. The number of hydrogen-bond donors (Lipinski definition) is 1. The molecule has 3 aromatic rings. The Morgan fingerprint density at radius 2 is 1.50 bits per heavy atom. The first-order valence-corrected chi connectivity index (χ1v) is 9.82. The summed E-state index contributed by atoms with van der Waals surface area (Å²) in [7, 11) is 2.04. The van der Waals surface area contributed by atoms with E-state index in [0.717, 1.165) is 24.3 Å². The van der Waals surface area contributed by atoms with E-state index >= 15 is 0 Å².